The lowest BCUT2D eigenvalue weighted by molar-refractivity contribution is -0.161. The van der Waals surface area contributed by atoms with Crippen molar-refractivity contribution in [3.63, 3.8) is 0 Å². The van der Waals surface area contributed by atoms with Crippen LogP contribution in [0.5, 0.6) is 0 Å². The van der Waals surface area contributed by atoms with Crippen LogP contribution in [0.1, 0.15) is 434 Å². The average molecular weight is 1510 g/mol. The number of rotatable bonds is 81. The minimum atomic E-state index is -4.97. The maximum absolute atomic E-state index is 13.1. The molecule has 0 heterocycles. The first kappa shape index (κ1) is 101. The molecule has 0 aromatic heterocycles. The van der Waals surface area contributed by atoms with Gasteiger partial charge in [-0.25, -0.2) is 9.13 Å². The van der Waals surface area contributed by atoms with Crippen LogP contribution in [0.25, 0.3) is 0 Å². The van der Waals surface area contributed by atoms with E-state index in [4.69, 9.17) is 37.0 Å². The lowest BCUT2D eigenvalue weighted by Crippen LogP contribution is -2.30. The van der Waals surface area contributed by atoms with E-state index in [0.29, 0.717) is 25.7 Å². The van der Waals surface area contributed by atoms with E-state index in [-0.39, 0.29) is 25.7 Å². The number of carbonyl (C=O) groups excluding carboxylic acids is 4. The van der Waals surface area contributed by atoms with Gasteiger partial charge >= 0.3 is 39.5 Å². The minimum Gasteiger partial charge on any atom is -0.462 e. The second-order valence-electron chi connectivity index (χ2n) is 31.7. The molecule has 0 aliphatic heterocycles. The zero-order valence-electron chi connectivity index (χ0n) is 68.0. The standard InChI is InChI=1S/C84H164O17P2/c1-9-76(7)62-54-46-38-30-24-18-12-14-20-26-32-42-50-58-66-83(88)100-79(70-94-81(86)64-56-48-40-31-25-19-13-11-16-22-28-36-44-52-60-74(3)4)72-98-102(90,91)96-68-78(85)69-97-103(92,93)99-73-80(71-95-82(87)65-57-49-41-35-34-39-47-55-63-77(8)10-2)101-84(89)67-59-51-43-33-27-21-15-17-23-29-37-45-53-61-75(5)6/h74-80,85H,9-73H2,1-8H3,(H,90,91)(H,92,93)/t76?,77?,78-,79-,80-/m1/s1. The molecule has 0 saturated heterocycles. The van der Waals surface area contributed by atoms with E-state index in [1.165, 1.54) is 238 Å². The number of aliphatic hydroxyl groups is 1. The van der Waals surface area contributed by atoms with Crippen molar-refractivity contribution in [2.24, 2.45) is 23.7 Å². The molecule has 19 heteroatoms. The predicted molar refractivity (Wildman–Crippen MR) is 423 cm³/mol. The van der Waals surface area contributed by atoms with E-state index in [0.717, 1.165) is 114 Å². The second kappa shape index (κ2) is 72.9. The van der Waals surface area contributed by atoms with Gasteiger partial charge in [0, 0.05) is 25.7 Å². The molecule has 0 spiro atoms. The lowest BCUT2D eigenvalue weighted by Gasteiger charge is -2.21. The van der Waals surface area contributed by atoms with Crippen molar-refractivity contribution in [3.05, 3.63) is 0 Å². The zero-order chi connectivity index (χ0) is 76.0. The summed E-state index contributed by atoms with van der Waals surface area (Å²) < 4.78 is 68.9. The Hall–Kier alpha value is -1.94. The van der Waals surface area contributed by atoms with Crippen LogP contribution in [0, 0.1) is 23.7 Å². The van der Waals surface area contributed by atoms with Gasteiger partial charge in [-0.3, -0.25) is 37.3 Å². The summed E-state index contributed by atoms with van der Waals surface area (Å²) in [4.78, 5) is 73.2. The number of esters is 4. The van der Waals surface area contributed by atoms with Gasteiger partial charge in [-0.2, -0.15) is 0 Å². The Bertz CT molecular complexity index is 2010. The molecule has 17 nitrogen and oxygen atoms in total. The van der Waals surface area contributed by atoms with Gasteiger partial charge in [0.2, 0.25) is 0 Å². The van der Waals surface area contributed by atoms with Crippen LogP contribution < -0.4 is 0 Å². The highest BCUT2D eigenvalue weighted by Gasteiger charge is 2.30. The molecule has 612 valence electrons. The molecule has 0 saturated carbocycles. The first-order chi connectivity index (χ1) is 49.7. The molecule has 7 atom stereocenters. The third-order valence-electron chi connectivity index (χ3n) is 20.3. The molecule has 4 unspecified atom stereocenters. The maximum atomic E-state index is 13.1. The van der Waals surface area contributed by atoms with Crippen molar-refractivity contribution in [1.29, 1.82) is 0 Å². The Kier molecular flexibility index (Phi) is 71.5. The molecule has 0 radical (unpaired) electrons. The number of hydrogen-bond acceptors (Lipinski definition) is 15. The van der Waals surface area contributed by atoms with E-state index in [1.54, 1.807) is 0 Å². The highest BCUT2D eigenvalue weighted by molar-refractivity contribution is 7.47. The molecule has 0 aromatic carbocycles. The van der Waals surface area contributed by atoms with Gasteiger partial charge in [-0.1, -0.05) is 383 Å². The smallest absolute Gasteiger partial charge is 0.462 e. The molecular weight excluding hydrogens is 1340 g/mol. The number of carbonyl (C=O) groups is 4. The molecule has 103 heavy (non-hydrogen) atoms. The van der Waals surface area contributed by atoms with Crippen LogP contribution in [0.2, 0.25) is 0 Å². The largest absolute Gasteiger partial charge is 0.472 e. The Labute approximate surface area is 632 Å². The zero-order valence-corrected chi connectivity index (χ0v) is 69.7. The first-order valence-corrected chi connectivity index (χ1v) is 46.3. The van der Waals surface area contributed by atoms with Crippen LogP contribution in [0.15, 0.2) is 0 Å². The summed E-state index contributed by atoms with van der Waals surface area (Å²) in [6, 6.07) is 0. The first-order valence-electron chi connectivity index (χ1n) is 43.3. The summed E-state index contributed by atoms with van der Waals surface area (Å²) in [5.41, 5.74) is 0. The van der Waals surface area contributed by atoms with Crippen molar-refractivity contribution >= 4 is 39.5 Å². The van der Waals surface area contributed by atoms with Crippen LogP contribution in [0.4, 0.5) is 0 Å². The maximum Gasteiger partial charge on any atom is 0.472 e. The SMILES string of the molecule is CCC(C)CCCCCCCCCCCCCCCCC(=O)O[C@H](COC(=O)CCCCCCCCCCCCCCCCC(C)C)COP(=O)(O)OC[C@@H](O)COP(=O)(O)OC[C@@H](COC(=O)CCCCCCCCCCC(C)CC)OC(=O)CCCCCCCCCCCCCCCC(C)C. The van der Waals surface area contributed by atoms with E-state index in [1.807, 2.05) is 0 Å². The molecule has 0 aliphatic rings. The van der Waals surface area contributed by atoms with Gasteiger partial charge in [0.25, 0.3) is 0 Å². The number of phosphoric ester groups is 2. The highest BCUT2D eigenvalue weighted by Crippen LogP contribution is 2.45. The minimum absolute atomic E-state index is 0.107. The highest BCUT2D eigenvalue weighted by atomic mass is 31.2. The van der Waals surface area contributed by atoms with Crippen molar-refractivity contribution in [3.8, 4) is 0 Å². The van der Waals surface area contributed by atoms with Gasteiger partial charge in [0.05, 0.1) is 26.4 Å². The average Bonchev–Trinajstić information content (AvgIpc) is 0.916. The molecular formula is C84H164O17P2. The van der Waals surface area contributed by atoms with Crippen molar-refractivity contribution in [1.82, 2.24) is 0 Å². The van der Waals surface area contributed by atoms with Crippen molar-refractivity contribution in [2.45, 2.75) is 453 Å². The molecule has 0 amide bonds. The van der Waals surface area contributed by atoms with Crippen LogP contribution in [0.3, 0.4) is 0 Å². The molecule has 0 aromatic rings. The monoisotopic (exact) mass is 1510 g/mol. The van der Waals surface area contributed by atoms with E-state index in [9.17, 15) is 43.2 Å². The van der Waals surface area contributed by atoms with Gasteiger partial charge in [0.15, 0.2) is 12.2 Å². The van der Waals surface area contributed by atoms with Gasteiger partial charge in [-0.15, -0.1) is 0 Å². The second-order valence-corrected chi connectivity index (χ2v) is 34.6. The molecule has 0 bridgehead atoms. The summed E-state index contributed by atoms with van der Waals surface area (Å²) >= 11 is 0. The Balaban J connectivity index is 5.28. The lowest BCUT2D eigenvalue weighted by atomic mass is 9.99. The van der Waals surface area contributed by atoms with Crippen LogP contribution in [-0.2, 0) is 65.4 Å². The fourth-order valence-electron chi connectivity index (χ4n) is 12.9. The quantitative estimate of drug-likeness (QED) is 0.0222. The summed E-state index contributed by atoms with van der Waals surface area (Å²) in [6.07, 6.45) is 60.8. The Morgan fingerprint density at radius 2 is 0.466 bits per heavy atom. The number of ether oxygens (including phenoxy) is 4. The van der Waals surface area contributed by atoms with E-state index in [2.05, 4.69) is 55.4 Å². The molecule has 0 fully saturated rings. The predicted octanol–water partition coefficient (Wildman–Crippen LogP) is 25.2. The summed E-state index contributed by atoms with van der Waals surface area (Å²) in [7, 11) is -9.93. The number of phosphoric acid groups is 2. The normalized spacial score (nSPS) is 14.5. The molecule has 0 rings (SSSR count). The number of unbranched alkanes of at least 4 members (excludes halogenated alkanes) is 45. The van der Waals surface area contributed by atoms with E-state index >= 15 is 0 Å². The summed E-state index contributed by atoms with van der Waals surface area (Å²) in [5.74, 6) is 1.10. The van der Waals surface area contributed by atoms with E-state index < -0.39 is 97.5 Å². The van der Waals surface area contributed by atoms with Crippen LogP contribution in [-0.4, -0.2) is 96.7 Å². The molecule has 3 N–H and O–H groups in total. The van der Waals surface area contributed by atoms with Gasteiger partial charge in [-0.05, 0) is 49.4 Å². The van der Waals surface area contributed by atoms with Crippen molar-refractivity contribution < 1.29 is 80.2 Å². The Morgan fingerprint density at radius 3 is 0.689 bits per heavy atom. The summed E-state index contributed by atoms with van der Waals surface area (Å²) in [5, 5.41) is 10.7. The fraction of sp³-hybridized carbons (Fsp3) is 0.952. The fourth-order valence-corrected chi connectivity index (χ4v) is 14.5. The number of aliphatic hydroxyl groups excluding tert-OH is 1. The number of hydrogen-bond donors (Lipinski definition) is 3. The van der Waals surface area contributed by atoms with Gasteiger partial charge < -0.3 is 33.8 Å². The molecule has 0 aliphatic carbocycles. The third-order valence-corrected chi connectivity index (χ3v) is 22.2. The third kappa shape index (κ3) is 75.3. The Morgan fingerprint density at radius 1 is 0.272 bits per heavy atom. The topological polar surface area (TPSA) is 237 Å². The van der Waals surface area contributed by atoms with Crippen molar-refractivity contribution in [2.75, 3.05) is 39.6 Å². The van der Waals surface area contributed by atoms with Gasteiger partial charge in [0.1, 0.15) is 19.3 Å². The summed E-state index contributed by atoms with van der Waals surface area (Å²) in [6.45, 7) is 14.4. The van der Waals surface area contributed by atoms with Crippen LogP contribution >= 0.6 is 15.6 Å².